The molecule has 2 aromatic heterocycles. The van der Waals surface area contributed by atoms with E-state index in [0.29, 0.717) is 17.9 Å². The summed E-state index contributed by atoms with van der Waals surface area (Å²) >= 11 is 3.36. The lowest BCUT2D eigenvalue weighted by molar-refractivity contribution is 0.0671. The molecule has 1 amide bonds. The van der Waals surface area contributed by atoms with E-state index in [4.69, 9.17) is 0 Å². The number of carbonyl (C=O) groups excluding carboxylic acids is 1. The van der Waals surface area contributed by atoms with Crippen LogP contribution in [0.4, 0.5) is 0 Å². The average Bonchev–Trinajstić information content (AvgIpc) is 2.98. The van der Waals surface area contributed by atoms with E-state index in [1.54, 1.807) is 23.0 Å². The molecule has 0 aliphatic carbocycles. The highest BCUT2D eigenvalue weighted by Gasteiger charge is 2.29. The molecule has 1 aliphatic rings. The Morgan fingerprint density at radius 1 is 1.35 bits per heavy atom. The third-order valence-electron chi connectivity index (χ3n) is 4.36. The van der Waals surface area contributed by atoms with Crippen LogP contribution < -0.4 is 0 Å². The molecule has 0 N–H and O–H groups in total. The highest BCUT2D eigenvalue weighted by atomic mass is 79.9. The number of halogens is 1. The van der Waals surface area contributed by atoms with E-state index in [9.17, 15) is 4.79 Å². The zero-order valence-corrected chi connectivity index (χ0v) is 14.2. The maximum absolute atomic E-state index is 12.9. The molecule has 1 aliphatic heterocycles. The molecule has 6 heteroatoms. The van der Waals surface area contributed by atoms with Crippen LogP contribution in [0.1, 0.15) is 34.6 Å². The molecule has 116 valence electrons. The summed E-state index contributed by atoms with van der Waals surface area (Å²) in [7, 11) is 0. The Balaban J connectivity index is 1.68. The van der Waals surface area contributed by atoms with Gasteiger partial charge in [0.25, 0.3) is 5.91 Å². The van der Waals surface area contributed by atoms with Crippen molar-refractivity contribution in [3.05, 3.63) is 64.0 Å². The van der Waals surface area contributed by atoms with Crippen LogP contribution >= 0.6 is 15.9 Å². The Kier molecular flexibility index (Phi) is 3.41. The van der Waals surface area contributed by atoms with Crippen molar-refractivity contribution < 1.29 is 4.79 Å². The van der Waals surface area contributed by atoms with Crippen molar-refractivity contribution in [2.45, 2.75) is 19.4 Å². The first-order valence-corrected chi connectivity index (χ1v) is 8.32. The smallest absolute Gasteiger partial charge is 0.274 e. The molecule has 0 saturated carbocycles. The number of fused-ring (bicyclic) bond motifs is 2. The minimum absolute atomic E-state index is 0.0476. The van der Waals surface area contributed by atoms with Gasteiger partial charge in [0.1, 0.15) is 0 Å². The fourth-order valence-corrected chi connectivity index (χ4v) is 3.45. The summed E-state index contributed by atoms with van der Waals surface area (Å²) in [4.78, 5) is 19.0. The molecule has 0 radical (unpaired) electrons. The van der Waals surface area contributed by atoms with E-state index in [1.165, 1.54) is 11.1 Å². The van der Waals surface area contributed by atoms with Gasteiger partial charge in [-0.05, 0) is 40.4 Å². The SMILES string of the molecule is CC1c2ccccc2CCN1C(=O)c1cc2ncc(Br)cn2n1. The summed E-state index contributed by atoms with van der Waals surface area (Å²) in [5, 5.41) is 4.37. The van der Waals surface area contributed by atoms with Crippen molar-refractivity contribution in [3.8, 4) is 0 Å². The maximum atomic E-state index is 12.9. The second kappa shape index (κ2) is 5.45. The molecule has 0 saturated heterocycles. The van der Waals surface area contributed by atoms with E-state index < -0.39 is 0 Å². The summed E-state index contributed by atoms with van der Waals surface area (Å²) in [6, 6.07) is 10.1. The fraction of sp³-hybridized carbons (Fsp3) is 0.235. The lowest BCUT2D eigenvalue weighted by Crippen LogP contribution is -2.39. The van der Waals surface area contributed by atoms with Gasteiger partial charge in [0.2, 0.25) is 0 Å². The summed E-state index contributed by atoms with van der Waals surface area (Å²) in [5.74, 6) is -0.0476. The first kappa shape index (κ1) is 14.4. The monoisotopic (exact) mass is 370 g/mol. The Bertz CT molecular complexity index is 904. The highest BCUT2D eigenvalue weighted by Crippen LogP contribution is 2.30. The number of benzene rings is 1. The third-order valence-corrected chi connectivity index (χ3v) is 4.77. The van der Waals surface area contributed by atoms with Crippen LogP contribution in [0.25, 0.3) is 5.65 Å². The second-order valence-electron chi connectivity index (χ2n) is 5.73. The number of amides is 1. The second-order valence-corrected chi connectivity index (χ2v) is 6.64. The van der Waals surface area contributed by atoms with Gasteiger partial charge in [-0.1, -0.05) is 24.3 Å². The zero-order valence-electron chi connectivity index (χ0n) is 12.6. The number of hydrogen-bond acceptors (Lipinski definition) is 3. The van der Waals surface area contributed by atoms with Gasteiger partial charge in [0.05, 0.1) is 10.5 Å². The highest BCUT2D eigenvalue weighted by molar-refractivity contribution is 9.10. The fourth-order valence-electron chi connectivity index (χ4n) is 3.15. The molecular weight excluding hydrogens is 356 g/mol. The molecule has 4 rings (SSSR count). The van der Waals surface area contributed by atoms with E-state index in [-0.39, 0.29) is 11.9 Å². The van der Waals surface area contributed by atoms with E-state index in [2.05, 4.69) is 51.1 Å². The number of nitrogens with zero attached hydrogens (tertiary/aromatic N) is 4. The van der Waals surface area contributed by atoms with Crippen LogP contribution in [0.2, 0.25) is 0 Å². The molecule has 5 nitrogen and oxygen atoms in total. The molecule has 3 heterocycles. The van der Waals surface area contributed by atoms with Crippen LogP contribution in [0.3, 0.4) is 0 Å². The quantitative estimate of drug-likeness (QED) is 0.660. The Hall–Kier alpha value is -2.21. The number of carbonyl (C=O) groups is 1. The number of aromatic nitrogens is 3. The molecule has 23 heavy (non-hydrogen) atoms. The Morgan fingerprint density at radius 3 is 3.04 bits per heavy atom. The van der Waals surface area contributed by atoms with Gasteiger partial charge in [-0.15, -0.1) is 0 Å². The van der Waals surface area contributed by atoms with Gasteiger partial charge in [-0.25, -0.2) is 9.50 Å². The van der Waals surface area contributed by atoms with Crippen molar-refractivity contribution >= 4 is 27.5 Å². The molecule has 0 bridgehead atoms. The van der Waals surface area contributed by atoms with Gasteiger partial charge >= 0.3 is 0 Å². The third kappa shape index (κ3) is 2.43. The molecule has 3 aromatic rings. The van der Waals surface area contributed by atoms with Crippen molar-refractivity contribution in [2.24, 2.45) is 0 Å². The lowest BCUT2D eigenvalue weighted by Gasteiger charge is -2.34. The lowest BCUT2D eigenvalue weighted by atomic mass is 9.93. The van der Waals surface area contributed by atoms with Crippen LogP contribution in [0.5, 0.6) is 0 Å². The Morgan fingerprint density at radius 2 is 2.17 bits per heavy atom. The molecule has 1 aromatic carbocycles. The normalized spacial score (nSPS) is 17.3. The predicted octanol–water partition coefficient (Wildman–Crippen LogP) is 3.25. The average molecular weight is 371 g/mol. The van der Waals surface area contributed by atoms with Crippen molar-refractivity contribution in [2.75, 3.05) is 6.54 Å². The van der Waals surface area contributed by atoms with Crippen LogP contribution in [-0.4, -0.2) is 31.9 Å². The van der Waals surface area contributed by atoms with Gasteiger partial charge < -0.3 is 4.90 Å². The van der Waals surface area contributed by atoms with Gasteiger partial charge in [0.15, 0.2) is 11.3 Å². The maximum Gasteiger partial charge on any atom is 0.274 e. The van der Waals surface area contributed by atoms with Gasteiger partial charge in [-0.2, -0.15) is 5.10 Å². The molecule has 0 spiro atoms. The largest absolute Gasteiger partial charge is 0.330 e. The Labute approximate surface area is 142 Å². The summed E-state index contributed by atoms with van der Waals surface area (Å²) < 4.78 is 2.45. The van der Waals surface area contributed by atoms with Gasteiger partial charge in [0, 0.05) is 25.0 Å². The van der Waals surface area contributed by atoms with Crippen LogP contribution in [0.15, 0.2) is 47.2 Å². The number of rotatable bonds is 1. The molecule has 1 atom stereocenters. The summed E-state index contributed by atoms with van der Waals surface area (Å²) in [6.07, 6.45) is 4.38. The van der Waals surface area contributed by atoms with Crippen LogP contribution in [0, 0.1) is 0 Å². The van der Waals surface area contributed by atoms with Crippen molar-refractivity contribution in [1.29, 1.82) is 0 Å². The van der Waals surface area contributed by atoms with Gasteiger partial charge in [-0.3, -0.25) is 4.79 Å². The minimum Gasteiger partial charge on any atom is -0.330 e. The molecular formula is C17H15BrN4O. The molecule has 1 unspecified atom stereocenters. The predicted molar refractivity (Wildman–Crippen MR) is 90.3 cm³/mol. The summed E-state index contributed by atoms with van der Waals surface area (Å²) in [6.45, 7) is 2.78. The first-order valence-electron chi connectivity index (χ1n) is 7.53. The van der Waals surface area contributed by atoms with E-state index >= 15 is 0 Å². The minimum atomic E-state index is -0.0476. The van der Waals surface area contributed by atoms with Crippen molar-refractivity contribution in [3.63, 3.8) is 0 Å². The van der Waals surface area contributed by atoms with E-state index in [1.807, 2.05) is 11.0 Å². The van der Waals surface area contributed by atoms with Crippen molar-refractivity contribution in [1.82, 2.24) is 19.5 Å². The number of hydrogen-bond donors (Lipinski definition) is 0. The zero-order chi connectivity index (χ0) is 16.0. The standard InChI is InChI=1S/C17H15BrN4O/c1-11-14-5-3-2-4-12(14)6-7-21(11)17(23)15-8-16-19-9-13(18)10-22(16)20-15/h2-5,8-11H,6-7H2,1H3. The topological polar surface area (TPSA) is 50.5 Å². The first-order chi connectivity index (χ1) is 11.1. The van der Waals surface area contributed by atoms with Crippen LogP contribution in [-0.2, 0) is 6.42 Å². The van der Waals surface area contributed by atoms with E-state index in [0.717, 1.165) is 10.9 Å². The molecule has 0 fully saturated rings. The summed E-state index contributed by atoms with van der Waals surface area (Å²) in [5.41, 5.74) is 3.64.